The number of ether oxygens (including phenoxy) is 2. The van der Waals surface area contributed by atoms with Crippen LogP contribution in [0.3, 0.4) is 0 Å². The fourth-order valence-corrected chi connectivity index (χ4v) is 0.893. The zero-order chi connectivity index (χ0) is 10.1. The topological polar surface area (TPSA) is 42.1 Å². The van der Waals surface area contributed by atoms with E-state index in [0.717, 1.165) is 6.61 Å². The van der Waals surface area contributed by atoms with E-state index in [1.165, 1.54) is 0 Å². The molecule has 1 fully saturated rings. The van der Waals surface area contributed by atoms with Crippen molar-refractivity contribution in [1.82, 2.24) is 4.90 Å². The molecule has 0 N–H and O–H groups in total. The molecule has 1 amide bonds. The number of rotatable bonds is 2. The molecule has 76 valence electrons. The maximum absolute atomic E-state index is 11.4. The maximum Gasteiger partial charge on any atom is 0.410 e. The van der Waals surface area contributed by atoms with Gasteiger partial charge in [0.25, 0.3) is 0 Å². The predicted octanol–water partition coefficient (Wildman–Crippen LogP) is 1.25. The van der Waals surface area contributed by atoms with Crippen molar-refractivity contribution in [3.05, 3.63) is 0 Å². The Morgan fingerprint density at radius 3 is 2.54 bits per heavy atom. The van der Waals surface area contributed by atoms with Crippen molar-refractivity contribution >= 4 is 6.09 Å². The third kappa shape index (κ3) is 4.12. The van der Waals surface area contributed by atoms with Gasteiger partial charge in [-0.15, -0.1) is 0 Å². The summed E-state index contributed by atoms with van der Waals surface area (Å²) in [5, 5.41) is 0. The van der Waals surface area contributed by atoms with Crippen molar-refractivity contribution in [3.8, 4) is 0 Å². The summed E-state index contributed by atoms with van der Waals surface area (Å²) in [6, 6.07) is 0. The van der Waals surface area contributed by atoms with Gasteiger partial charge in [0.2, 0.25) is 0 Å². The van der Waals surface area contributed by atoms with Gasteiger partial charge in [-0.05, 0) is 20.8 Å². The van der Waals surface area contributed by atoms with Crippen LogP contribution in [-0.2, 0) is 9.47 Å². The molecule has 1 atom stereocenters. The Morgan fingerprint density at radius 1 is 1.62 bits per heavy atom. The predicted molar refractivity (Wildman–Crippen MR) is 48.6 cm³/mol. The van der Waals surface area contributed by atoms with Crippen LogP contribution in [-0.4, -0.2) is 42.9 Å². The molecule has 0 aromatic carbocycles. The van der Waals surface area contributed by atoms with Gasteiger partial charge in [-0.25, -0.2) is 4.79 Å². The van der Waals surface area contributed by atoms with Crippen LogP contribution in [0.2, 0.25) is 0 Å². The van der Waals surface area contributed by atoms with Crippen LogP contribution in [0, 0.1) is 0 Å². The molecule has 13 heavy (non-hydrogen) atoms. The average Bonchev–Trinajstić information content (AvgIpc) is 2.67. The van der Waals surface area contributed by atoms with Gasteiger partial charge in [-0.3, -0.25) is 0 Å². The lowest BCUT2D eigenvalue weighted by Gasteiger charge is -2.24. The smallest absolute Gasteiger partial charge is 0.410 e. The highest BCUT2D eigenvalue weighted by Crippen LogP contribution is 2.13. The number of hydrogen-bond donors (Lipinski definition) is 0. The van der Waals surface area contributed by atoms with Gasteiger partial charge < -0.3 is 14.4 Å². The van der Waals surface area contributed by atoms with Crippen molar-refractivity contribution in [2.75, 3.05) is 20.2 Å². The molecule has 4 heteroatoms. The average molecular weight is 187 g/mol. The Hall–Kier alpha value is -0.770. The SMILES string of the molecule is CN(CC1CO1)C(=O)OC(C)(C)C. The zero-order valence-corrected chi connectivity index (χ0v) is 8.66. The monoisotopic (exact) mass is 187 g/mol. The minimum Gasteiger partial charge on any atom is -0.444 e. The summed E-state index contributed by atoms with van der Waals surface area (Å²) in [6.07, 6.45) is -0.0690. The van der Waals surface area contributed by atoms with Gasteiger partial charge in [0.05, 0.1) is 19.3 Å². The second-order valence-corrected chi connectivity index (χ2v) is 4.32. The van der Waals surface area contributed by atoms with Gasteiger partial charge in [0.15, 0.2) is 0 Å². The molecule has 1 unspecified atom stereocenters. The highest BCUT2D eigenvalue weighted by Gasteiger charge is 2.28. The van der Waals surface area contributed by atoms with E-state index >= 15 is 0 Å². The first kappa shape index (κ1) is 10.3. The lowest BCUT2D eigenvalue weighted by Crippen LogP contribution is -2.36. The molecule has 1 saturated heterocycles. The van der Waals surface area contributed by atoms with Crippen molar-refractivity contribution in [2.45, 2.75) is 32.5 Å². The summed E-state index contributed by atoms with van der Waals surface area (Å²) in [5.41, 5.74) is -0.421. The molecule has 0 aliphatic carbocycles. The first-order chi connectivity index (χ1) is 5.88. The van der Waals surface area contributed by atoms with Crippen LogP contribution in [0.15, 0.2) is 0 Å². The normalized spacial score (nSPS) is 21.1. The maximum atomic E-state index is 11.4. The molecule has 0 aromatic rings. The van der Waals surface area contributed by atoms with Gasteiger partial charge >= 0.3 is 6.09 Å². The summed E-state index contributed by atoms with van der Waals surface area (Å²) in [6.45, 7) is 6.94. The molecule has 4 nitrogen and oxygen atoms in total. The van der Waals surface area contributed by atoms with Crippen LogP contribution >= 0.6 is 0 Å². The lowest BCUT2D eigenvalue weighted by molar-refractivity contribution is 0.0288. The summed E-state index contributed by atoms with van der Waals surface area (Å²) >= 11 is 0. The van der Waals surface area contributed by atoms with Gasteiger partial charge in [-0.1, -0.05) is 0 Å². The fourth-order valence-electron chi connectivity index (χ4n) is 0.893. The number of likely N-dealkylation sites (N-methyl/N-ethyl adjacent to an activating group) is 1. The Balaban J connectivity index is 2.28. The Labute approximate surface area is 78.8 Å². The highest BCUT2D eigenvalue weighted by atomic mass is 16.6. The third-order valence-electron chi connectivity index (χ3n) is 1.59. The molecule has 0 saturated carbocycles. The molecule has 0 radical (unpaired) electrons. The van der Waals surface area contributed by atoms with E-state index in [4.69, 9.17) is 9.47 Å². The second-order valence-electron chi connectivity index (χ2n) is 4.32. The lowest BCUT2D eigenvalue weighted by atomic mass is 10.2. The number of carbonyl (C=O) groups excluding carboxylic acids is 1. The van der Waals surface area contributed by atoms with E-state index in [1.54, 1.807) is 11.9 Å². The molecule has 1 aliphatic rings. The molecule has 0 spiro atoms. The van der Waals surface area contributed by atoms with Crippen LogP contribution in [0.25, 0.3) is 0 Å². The Morgan fingerprint density at radius 2 is 2.15 bits per heavy atom. The van der Waals surface area contributed by atoms with E-state index in [2.05, 4.69) is 0 Å². The standard InChI is InChI=1S/C9H17NO3/c1-9(2,3)13-8(11)10(4)5-7-6-12-7/h7H,5-6H2,1-4H3. The second kappa shape index (κ2) is 3.54. The molecule has 1 aliphatic heterocycles. The molecular formula is C9H17NO3. The summed E-state index contributed by atoms with van der Waals surface area (Å²) in [5.74, 6) is 0. The van der Waals surface area contributed by atoms with Crippen molar-refractivity contribution in [3.63, 3.8) is 0 Å². The quantitative estimate of drug-likeness (QED) is 0.611. The molecule has 1 heterocycles. The van der Waals surface area contributed by atoms with E-state index < -0.39 is 5.60 Å². The molecule has 1 rings (SSSR count). The number of nitrogens with zero attached hydrogens (tertiary/aromatic N) is 1. The minimum absolute atomic E-state index is 0.220. The first-order valence-electron chi connectivity index (χ1n) is 4.44. The van der Waals surface area contributed by atoms with Gasteiger partial charge in [-0.2, -0.15) is 0 Å². The van der Waals surface area contributed by atoms with Crippen LogP contribution in [0.4, 0.5) is 4.79 Å². The minimum atomic E-state index is -0.421. The Bertz CT molecular complexity index is 194. The summed E-state index contributed by atoms with van der Waals surface area (Å²) in [7, 11) is 1.72. The van der Waals surface area contributed by atoms with E-state index in [-0.39, 0.29) is 12.2 Å². The first-order valence-corrected chi connectivity index (χ1v) is 4.44. The zero-order valence-electron chi connectivity index (χ0n) is 8.66. The largest absolute Gasteiger partial charge is 0.444 e. The van der Waals surface area contributed by atoms with E-state index in [9.17, 15) is 4.79 Å². The number of amides is 1. The number of hydrogen-bond acceptors (Lipinski definition) is 3. The van der Waals surface area contributed by atoms with Gasteiger partial charge in [0.1, 0.15) is 5.60 Å². The molecule has 0 bridgehead atoms. The summed E-state index contributed by atoms with van der Waals surface area (Å²) < 4.78 is 10.2. The number of carbonyl (C=O) groups is 1. The van der Waals surface area contributed by atoms with E-state index in [1.807, 2.05) is 20.8 Å². The van der Waals surface area contributed by atoms with Crippen LogP contribution < -0.4 is 0 Å². The number of epoxide rings is 1. The third-order valence-corrected chi connectivity index (χ3v) is 1.59. The van der Waals surface area contributed by atoms with Gasteiger partial charge in [0, 0.05) is 7.05 Å². The summed E-state index contributed by atoms with van der Waals surface area (Å²) in [4.78, 5) is 12.9. The molecule has 0 aromatic heterocycles. The molecular weight excluding hydrogens is 170 g/mol. The fraction of sp³-hybridized carbons (Fsp3) is 0.889. The van der Waals surface area contributed by atoms with Crippen LogP contribution in [0.5, 0.6) is 0 Å². The van der Waals surface area contributed by atoms with E-state index in [0.29, 0.717) is 6.54 Å². The van der Waals surface area contributed by atoms with Crippen molar-refractivity contribution < 1.29 is 14.3 Å². The van der Waals surface area contributed by atoms with Crippen molar-refractivity contribution in [1.29, 1.82) is 0 Å². The Kier molecular flexibility index (Phi) is 2.81. The van der Waals surface area contributed by atoms with Crippen molar-refractivity contribution in [2.24, 2.45) is 0 Å². The van der Waals surface area contributed by atoms with Crippen LogP contribution in [0.1, 0.15) is 20.8 Å². The highest BCUT2D eigenvalue weighted by molar-refractivity contribution is 5.67.